The summed E-state index contributed by atoms with van der Waals surface area (Å²) in [6, 6.07) is 0. The van der Waals surface area contributed by atoms with Gasteiger partial charge in [0.1, 0.15) is 0 Å². The van der Waals surface area contributed by atoms with E-state index in [1.165, 1.54) is 0 Å². The number of ether oxygens (including phenoxy) is 2. The predicted molar refractivity (Wildman–Crippen MR) is 44.6 cm³/mol. The molecule has 1 rings (SSSR count). The average molecular weight is 158 g/mol. The molecule has 0 aliphatic carbocycles. The highest BCUT2D eigenvalue weighted by atomic mass is 16.5. The van der Waals surface area contributed by atoms with E-state index in [4.69, 9.17) is 9.47 Å². The fraction of sp³-hybridized carbons (Fsp3) is 1.00. The summed E-state index contributed by atoms with van der Waals surface area (Å²) >= 11 is 0. The minimum atomic E-state index is 0.213. The van der Waals surface area contributed by atoms with E-state index in [9.17, 15) is 0 Å². The molecule has 1 aliphatic heterocycles. The Morgan fingerprint density at radius 1 is 1.18 bits per heavy atom. The smallest absolute Gasteiger partial charge is 0.0856 e. The van der Waals surface area contributed by atoms with Crippen molar-refractivity contribution < 1.29 is 9.47 Å². The van der Waals surface area contributed by atoms with Crippen LogP contribution in [0.3, 0.4) is 0 Å². The number of hydrogen-bond donors (Lipinski definition) is 0. The third-order valence-corrected chi connectivity index (χ3v) is 1.99. The molecule has 0 aromatic carbocycles. The molecule has 0 radical (unpaired) electrons. The van der Waals surface area contributed by atoms with Crippen LogP contribution < -0.4 is 0 Å². The van der Waals surface area contributed by atoms with Crippen LogP contribution in [0.5, 0.6) is 0 Å². The monoisotopic (exact) mass is 158 g/mol. The van der Waals surface area contributed by atoms with Crippen molar-refractivity contribution in [3.63, 3.8) is 0 Å². The van der Waals surface area contributed by atoms with Crippen LogP contribution in [-0.2, 0) is 9.47 Å². The zero-order valence-corrected chi connectivity index (χ0v) is 7.72. The van der Waals surface area contributed by atoms with Crippen molar-refractivity contribution in [2.24, 2.45) is 5.41 Å². The Labute approximate surface area is 68.9 Å². The summed E-state index contributed by atoms with van der Waals surface area (Å²) in [5.74, 6) is 0. The van der Waals surface area contributed by atoms with Crippen LogP contribution >= 0.6 is 0 Å². The van der Waals surface area contributed by atoms with Gasteiger partial charge in [0, 0.05) is 13.2 Å². The molecule has 11 heavy (non-hydrogen) atoms. The van der Waals surface area contributed by atoms with Crippen molar-refractivity contribution in [3.05, 3.63) is 0 Å². The van der Waals surface area contributed by atoms with Gasteiger partial charge in [0.05, 0.1) is 12.7 Å². The molecule has 1 fully saturated rings. The van der Waals surface area contributed by atoms with Crippen molar-refractivity contribution in [1.29, 1.82) is 0 Å². The van der Waals surface area contributed by atoms with Crippen molar-refractivity contribution in [1.82, 2.24) is 0 Å². The lowest BCUT2D eigenvalue weighted by atomic mass is 9.89. The summed E-state index contributed by atoms with van der Waals surface area (Å²) < 4.78 is 11.1. The van der Waals surface area contributed by atoms with Crippen LogP contribution in [-0.4, -0.2) is 25.9 Å². The molecule has 1 heterocycles. The molecule has 66 valence electrons. The predicted octanol–water partition coefficient (Wildman–Crippen LogP) is 1.84. The van der Waals surface area contributed by atoms with E-state index in [0.717, 1.165) is 26.2 Å². The molecule has 0 saturated carbocycles. The third kappa shape index (κ3) is 2.80. The van der Waals surface area contributed by atoms with Crippen LogP contribution in [0.4, 0.5) is 0 Å². The van der Waals surface area contributed by atoms with Crippen LogP contribution in [0, 0.1) is 5.41 Å². The first-order chi connectivity index (χ1) is 5.11. The lowest BCUT2D eigenvalue weighted by molar-refractivity contribution is -0.0381. The van der Waals surface area contributed by atoms with Gasteiger partial charge in [-0.25, -0.2) is 0 Å². The van der Waals surface area contributed by atoms with Crippen LogP contribution in [0.15, 0.2) is 0 Å². The van der Waals surface area contributed by atoms with E-state index in [2.05, 4.69) is 20.8 Å². The van der Waals surface area contributed by atoms with Gasteiger partial charge in [-0.1, -0.05) is 20.8 Å². The Bertz CT molecular complexity index is 107. The summed E-state index contributed by atoms with van der Waals surface area (Å²) in [7, 11) is 0. The van der Waals surface area contributed by atoms with Gasteiger partial charge in [-0.2, -0.15) is 0 Å². The van der Waals surface area contributed by atoms with Gasteiger partial charge >= 0.3 is 0 Å². The van der Waals surface area contributed by atoms with Gasteiger partial charge in [-0.15, -0.1) is 0 Å². The maximum atomic E-state index is 5.64. The Hall–Kier alpha value is -0.0800. The van der Waals surface area contributed by atoms with Gasteiger partial charge in [0.25, 0.3) is 0 Å². The number of rotatable bonds is 0. The quantitative estimate of drug-likeness (QED) is 0.535. The fourth-order valence-electron chi connectivity index (χ4n) is 1.13. The molecule has 0 spiro atoms. The van der Waals surface area contributed by atoms with Gasteiger partial charge in [-0.05, 0) is 11.8 Å². The highest BCUT2D eigenvalue weighted by Crippen LogP contribution is 2.23. The van der Waals surface area contributed by atoms with Gasteiger partial charge < -0.3 is 9.47 Å². The highest BCUT2D eigenvalue weighted by Gasteiger charge is 2.26. The van der Waals surface area contributed by atoms with E-state index in [1.54, 1.807) is 0 Å². The lowest BCUT2D eigenvalue weighted by Gasteiger charge is -2.28. The van der Waals surface area contributed by atoms with Gasteiger partial charge in [-0.3, -0.25) is 0 Å². The molecular weight excluding hydrogens is 140 g/mol. The molecule has 0 amide bonds. The first-order valence-electron chi connectivity index (χ1n) is 4.30. The van der Waals surface area contributed by atoms with Crippen molar-refractivity contribution in [3.8, 4) is 0 Å². The topological polar surface area (TPSA) is 18.5 Å². The minimum Gasteiger partial charge on any atom is -0.379 e. The molecule has 0 aromatic rings. The molecule has 1 aliphatic rings. The molecule has 0 bridgehead atoms. The average Bonchev–Trinajstić information content (AvgIpc) is 2.10. The Kier molecular flexibility index (Phi) is 2.90. The Balaban J connectivity index is 2.43. The van der Waals surface area contributed by atoms with Crippen molar-refractivity contribution >= 4 is 0 Å². The Morgan fingerprint density at radius 3 is 2.55 bits per heavy atom. The first-order valence-corrected chi connectivity index (χ1v) is 4.30. The van der Waals surface area contributed by atoms with E-state index in [0.29, 0.717) is 0 Å². The maximum absolute atomic E-state index is 5.64. The molecule has 1 saturated heterocycles. The normalized spacial score (nSPS) is 28.1. The highest BCUT2D eigenvalue weighted by molar-refractivity contribution is 4.75. The second-order valence-electron chi connectivity index (χ2n) is 4.15. The summed E-state index contributed by atoms with van der Waals surface area (Å²) in [5, 5.41) is 0. The second-order valence-corrected chi connectivity index (χ2v) is 4.15. The van der Waals surface area contributed by atoms with Crippen molar-refractivity contribution in [2.45, 2.75) is 33.3 Å². The van der Waals surface area contributed by atoms with E-state index in [1.807, 2.05) is 0 Å². The van der Waals surface area contributed by atoms with E-state index in [-0.39, 0.29) is 11.5 Å². The van der Waals surface area contributed by atoms with E-state index < -0.39 is 0 Å². The lowest BCUT2D eigenvalue weighted by Crippen LogP contribution is -2.32. The molecule has 0 aromatic heterocycles. The molecule has 2 nitrogen and oxygen atoms in total. The summed E-state index contributed by atoms with van der Waals surface area (Å²) in [5.41, 5.74) is 0.213. The maximum Gasteiger partial charge on any atom is 0.0856 e. The Morgan fingerprint density at radius 2 is 1.91 bits per heavy atom. The molecule has 0 N–H and O–H groups in total. The zero-order chi connectivity index (χ0) is 8.32. The molecule has 1 atom stereocenters. The van der Waals surface area contributed by atoms with Crippen LogP contribution in [0.25, 0.3) is 0 Å². The molecular formula is C9H18O2. The SMILES string of the molecule is CC(C)(C)C1COCCCO1. The summed E-state index contributed by atoms with van der Waals surface area (Å²) in [6.07, 6.45) is 1.30. The molecule has 1 unspecified atom stereocenters. The largest absolute Gasteiger partial charge is 0.379 e. The van der Waals surface area contributed by atoms with Crippen LogP contribution in [0.1, 0.15) is 27.2 Å². The van der Waals surface area contributed by atoms with Gasteiger partial charge in [0.2, 0.25) is 0 Å². The fourth-order valence-corrected chi connectivity index (χ4v) is 1.13. The standard InChI is InChI=1S/C9H18O2/c1-9(2,3)8-7-10-5-4-6-11-8/h8H,4-7H2,1-3H3. The zero-order valence-electron chi connectivity index (χ0n) is 7.72. The summed E-state index contributed by atoms with van der Waals surface area (Å²) in [4.78, 5) is 0. The second kappa shape index (κ2) is 3.55. The first kappa shape index (κ1) is 9.01. The van der Waals surface area contributed by atoms with Crippen LogP contribution in [0.2, 0.25) is 0 Å². The third-order valence-electron chi connectivity index (χ3n) is 1.99. The van der Waals surface area contributed by atoms with E-state index >= 15 is 0 Å². The minimum absolute atomic E-state index is 0.213. The summed E-state index contributed by atoms with van der Waals surface area (Å²) in [6.45, 7) is 9.02. The van der Waals surface area contributed by atoms with Crippen molar-refractivity contribution in [2.75, 3.05) is 19.8 Å². The van der Waals surface area contributed by atoms with Gasteiger partial charge in [0.15, 0.2) is 0 Å². The molecule has 2 heteroatoms. The number of hydrogen-bond acceptors (Lipinski definition) is 2.